The maximum atomic E-state index is 12.7. The Labute approximate surface area is 158 Å². The number of hydrogen-bond acceptors (Lipinski definition) is 5. The van der Waals surface area contributed by atoms with Gasteiger partial charge >= 0.3 is 0 Å². The molecule has 0 radical (unpaired) electrons. The number of rotatable bonds is 5. The fourth-order valence-corrected chi connectivity index (χ4v) is 4.07. The molecule has 142 valence electrons. The van der Waals surface area contributed by atoms with Gasteiger partial charge in [-0.25, -0.2) is 8.42 Å². The van der Waals surface area contributed by atoms with E-state index in [9.17, 15) is 13.2 Å². The molecule has 0 unspecified atom stereocenters. The summed E-state index contributed by atoms with van der Waals surface area (Å²) in [6.45, 7) is 0.605. The smallest absolute Gasteiger partial charge is 0.273 e. The van der Waals surface area contributed by atoms with Gasteiger partial charge in [-0.1, -0.05) is 25.3 Å². The van der Waals surface area contributed by atoms with Crippen molar-refractivity contribution in [2.24, 2.45) is 5.92 Å². The molecule has 1 fully saturated rings. The second-order valence-electron chi connectivity index (χ2n) is 6.97. The highest BCUT2D eigenvalue weighted by Crippen LogP contribution is 2.25. The van der Waals surface area contributed by atoms with E-state index in [0.717, 1.165) is 19.1 Å². The van der Waals surface area contributed by atoms with Gasteiger partial charge < -0.3 is 5.32 Å². The van der Waals surface area contributed by atoms with Crippen molar-refractivity contribution in [1.29, 1.82) is 5.26 Å². The molecule has 7 nitrogen and oxygen atoms in total. The molecular formula is C19H22N4O3S. The second-order valence-corrected chi connectivity index (χ2v) is 8.98. The average Bonchev–Trinajstić information content (AvgIpc) is 3.05. The zero-order valence-electron chi connectivity index (χ0n) is 15.2. The predicted octanol–water partition coefficient (Wildman–Crippen LogP) is 2.99. The van der Waals surface area contributed by atoms with Crippen molar-refractivity contribution in [2.75, 3.05) is 11.6 Å². The van der Waals surface area contributed by atoms with Crippen molar-refractivity contribution in [3.63, 3.8) is 0 Å². The standard InChI is InChI=1S/C19H22N4O3S/c1-27(25,26)17-9-5-8-15(10-17)21-19(24)18-11-16(12-20)22-23(18)13-14-6-3-2-4-7-14/h5,8-11,14H,2-4,6-7,13H2,1H3,(H,21,24). The molecule has 1 aromatic heterocycles. The number of nitriles is 1. The van der Waals surface area contributed by atoms with Crippen LogP contribution in [-0.4, -0.2) is 30.4 Å². The summed E-state index contributed by atoms with van der Waals surface area (Å²) in [6, 6.07) is 9.55. The van der Waals surface area contributed by atoms with Crippen LogP contribution < -0.4 is 5.32 Å². The van der Waals surface area contributed by atoms with E-state index < -0.39 is 15.7 Å². The number of carbonyl (C=O) groups is 1. The minimum atomic E-state index is -3.36. The lowest BCUT2D eigenvalue weighted by Crippen LogP contribution is -2.22. The molecule has 1 aliphatic carbocycles. The molecule has 1 aliphatic rings. The Morgan fingerprint density at radius 3 is 2.70 bits per heavy atom. The summed E-state index contributed by atoms with van der Waals surface area (Å²) < 4.78 is 25.0. The topological polar surface area (TPSA) is 105 Å². The number of benzene rings is 1. The number of sulfone groups is 1. The van der Waals surface area contributed by atoms with Gasteiger partial charge in [-0.15, -0.1) is 0 Å². The van der Waals surface area contributed by atoms with Crippen LogP contribution in [0.3, 0.4) is 0 Å². The van der Waals surface area contributed by atoms with Crippen molar-refractivity contribution in [2.45, 2.75) is 43.5 Å². The molecule has 0 saturated heterocycles. The van der Waals surface area contributed by atoms with Crippen molar-refractivity contribution in [3.05, 3.63) is 41.7 Å². The van der Waals surface area contributed by atoms with Crippen LogP contribution in [0.4, 0.5) is 5.69 Å². The summed E-state index contributed by atoms with van der Waals surface area (Å²) in [5.74, 6) is 0.0377. The van der Waals surface area contributed by atoms with E-state index in [1.807, 2.05) is 6.07 Å². The van der Waals surface area contributed by atoms with E-state index in [0.29, 0.717) is 23.8 Å². The molecule has 1 heterocycles. The molecule has 2 aromatic rings. The Morgan fingerprint density at radius 2 is 2.04 bits per heavy atom. The Bertz CT molecular complexity index is 983. The van der Waals surface area contributed by atoms with Gasteiger partial charge in [0, 0.05) is 24.6 Å². The van der Waals surface area contributed by atoms with Gasteiger partial charge in [0.1, 0.15) is 11.8 Å². The number of hydrogen-bond donors (Lipinski definition) is 1. The minimum Gasteiger partial charge on any atom is -0.321 e. The Kier molecular flexibility index (Phi) is 5.61. The Morgan fingerprint density at radius 1 is 1.30 bits per heavy atom. The van der Waals surface area contributed by atoms with E-state index >= 15 is 0 Å². The van der Waals surface area contributed by atoms with E-state index in [2.05, 4.69) is 10.4 Å². The molecule has 3 rings (SSSR count). The number of nitrogens with zero attached hydrogens (tertiary/aromatic N) is 3. The molecule has 0 aliphatic heterocycles. The largest absolute Gasteiger partial charge is 0.321 e. The third kappa shape index (κ3) is 4.74. The second kappa shape index (κ2) is 7.92. The highest BCUT2D eigenvalue weighted by Gasteiger charge is 2.20. The number of carbonyl (C=O) groups excluding carboxylic acids is 1. The van der Waals surface area contributed by atoms with Crippen LogP contribution in [0.5, 0.6) is 0 Å². The van der Waals surface area contributed by atoms with Crippen molar-refractivity contribution >= 4 is 21.4 Å². The maximum absolute atomic E-state index is 12.7. The number of aromatic nitrogens is 2. The van der Waals surface area contributed by atoms with Crippen molar-refractivity contribution in [3.8, 4) is 6.07 Å². The predicted molar refractivity (Wildman–Crippen MR) is 101 cm³/mol. The van der Waals surface area contributed by atoms with Crippen LogP contribution in [0.1, 0.15) is 48.3 Å². The molecule has 0 spiro atoms. The molecule has 0 bridgehead atoms. The first-order chi connectivity index (χ1) is 12.9. The van der Waals surface area contributed by atoms with Gasteiger partial charge in [0.25, 0.3) is 5.91 Å². The van der Waals surface area contributed by atoms with E-state index in [1.165, 1.54) is 37.5 Å². The fourth-order valence-electron chi connectivity index (χ4n) is 3.41. The first-order valence-corrected chi connectivity index (χ1v) is 10.9. The van der Waals surface area contributed by atoms with Gasteiger partial charge in [-0.2, -0.15) is 10.4 Å². The lowest BCUT2D eigenvalue weighted by atomic mass is 9.89. The van der Waals surface area contributed by atoms with Crippen LogP contribution in [0.25, 0.3) is 0 Å². The third-order valence-corrected chi connectivity index (χ3v) is 5.91. The lowest BCUT2D eigenvalue weighted by molar-refractivity contribution is 0.101. The maximum Gasteiger partial charge on any atom is 0.273 e. The van der Waals surface area contributed by atoms with Gasteiger partial charge in [-0.05, 0) is 37.0 Å². The van der Waals surface area contributed by atoms with E-state index in [-0.39, 0.29) is 10.6 Å². The number of amides is 1. The van der Waals surface area contributed by atoms with E-state index in [4.69, 9.17) is 5.26 Å². The van der Waals surface area contributed by atoms with E-state index in [1.54, 1.807) is 16.8 Å². The summed E-state index contributed by atoms with van der Waals surface area (Å²) in [7, 11) is -3.36. The number of nitrogens with one attached hydrogen (secondary N) is 1. The van der Waals surface area contributed by atoms with Crippen LogP contribution >= 0.6 is 0 Å². The zero-order chi connectivity index (χ0) is 19.4. The monoisotopic (exact) mass is 386 g/mol. The molecular weight excluding hydrogens is 364 g/mol. The number of anilines is 1. The Hall–Kier alpha value is -2.66. The van der Waals surface area contributed by atoms with Crippen LogP contribution in [0, 0.1) is 17.2 Å². The van der Waals surface area contributed by atoms with Crippen LogP contribution in [-0.2, 0) is 16.4 Å². The van der Waals surface area contributed by atoms with Gasteiger partial charge in [0.05, 0.1) is 4.90 Å². The molecule has 8 heteroatoms. The van der Waals surface area contributed by atoms with Crippen molar-refractivity contribution < 1.29 is 13.2 Å². The van der Waals surface area contributed by atoms with Crippen LogP contribution in [0.15, 0.2) is 35.2 Å². The quantitative estimate of drug-likeness (QED) is 0.850. The first kappa shape index (κ1) is 19.1. The first-order valence-electron chi connectivity index (χ1n) is 8.96. The van der Waals surface area contributed by atoms with Gasteiger partial charge in [-0.3, -0.25) is 9.48 Å². The van der Waals surface area contributed by atoms with Crippen molar-refractivity contribution in [1.82, 2.24) is 9.78 Å². The molecule has 0 atom stereocenters. The molecule has 1 amide bonds. The summed E-state index contributed by atoms with van der Waals surface area (Å²) in [5, 5.41) is 16.1. The van der Waals surface area contributed by atoms with Crippen LogP contribution in [0.2, 0.25) is 0 Å². The SMILES string of the molecule is CS(=O)(=O)c1cccc(NC(=O)c2cc(C#N)nn2CC2CCCCC2)c1. The highest BCUT2D eigenvalue weighted by atomic mass is 32.2. The lowest BCUT2D eigenvalue weighted by Gasteiger charge is -2.22. The molecule has 1 N–H and O–H groups in total. The molecule has 1 saturated carbocycles. The summed E-state index contributed by atoms with van der Waals surface area (Å²) >= 11 is 0. The highest BCUT2D eigenvalue weighted by molar-refractivity contribution is 7.90. The molecule has 27 heavy (non-hydrogen) atoms. The summed E-state index contributed by atoms with van der Waals surface area (Å²) in [6.07, 6.45) is 6.90. The summed E-state index contributed by atoms with van der Waals surface area (Å²) in [5.41, 5.74) is 0.884. The third-order valence-electron chi connectivity index (χ3n) is 4.80. The zero-order valence-corrected chi connectivity index (χ0v) is 16.0. The average molecular weight is 386 g/mol. The summed E-state index contributed by atoms with van der Waals surface area (Å²) in [4.78, 5) is 12.9. The Balaban J connectivity index is 1.82. The fraction of sp³-hybridized carbons (Fsp3) is 0.421. The van der Waals surface area contributed by atoms with Gasteiger partial charge in [0.15, 0.2) is 15.5 Å². The normalized spacial score (nSPS) is 15.3. The minimum absolute atomic E-state index is 0.133. The molecule has 1 aromatic carbocycles. The van der Waals surface area contributed by atoms with Gasteiger partial charge in [0.2, 0.25) is 0 Å².